The van der Waals surface area contributed by atoms with Crippen LogP contribution in [0.2, 0.25) is 0 Å². The molecule has 0 saturated carbocycles. The lowest BCUT2D eigenvalue weighted by Gasteiger charge is -2.32. The van der Waals surface area contributed by atoms with Crippen LogP contribution in [0.25, 0.3) is 0 Å². The van der Waals surface area contributed by atoms with E-state index in [2.05, 4.69) is 0 Å². The van der Waals surface area contributed by atoms with Crippen molar-refractivity contribution >= 4 is 11.6 Å². The molecular weight excluding hydrogens is 242 g/mol. The number of para-hydroxylation sites is 1. The van der Waals surface area contributed by atoms with Gasteiger partial charge < -0.3 is 14.7 Å². The third-order valence-corrected chi connectivity index (χ3v) is 3.14. The van der Waals surface area contributed by atoms with E-state index >= 15 is 0 Å². The number of nitrogens with zero attached hydrogens (tertiary/aromatic N) is 1. The van der Waals surface area contributed by atoms with E-state index in [1.54, 1.807) is 4.90 Å². The summed E-state index contributed by atoms with van der Waals surface area (Å²) in [6, 6.07) is 7.49. The maximum absolute atomic E-state index is 12.2. The standard InChI is InChI=1S/C15H21NO3/c1-15(2,3)19-10-14(18)16-9-8-13(17)11-6-4-5-7-12(11)16/h4-7,13,17H,8-10H2,1-3H3. The van der Waals surface area contributed by atoms with Crippen LogP contribution in [0, 0.1) is 0 Å². The van der Waals surface area contributed by atoms with Gasteiger partial charge in [0.05, 0.1) is 11.7 Å². The summed E-state index contributed by atoms with van der Waals surface area (Å²) in [6.45, 7) is 6.37. The van der Waals surface area contributed by atoms with Gasteiger partial charge in [-0.05, 0) is 33.3 Å². The van der Waals surface area contributed by atoms with Crippen molar-refractivity contribution in [1.82, 2.24) is 0 Å². The van der Waals surface area contributed by atoms with Gasteiger partial charge in [0.2, 0.25) is 0 Å². The smallest absolute Gasteiger partial charge is 0.253 e. The van der Waals surface area contributed by atoms with Crippen molar-refractivity contribution in [3.05, 3.63) is 29.8 Å². The molecule has 0 fully saturated rings. The number of carbonyl (C=O) groups is 1. The Morgan fingerprint density at radius 3 is 2.79 bits per heavy atom. The van der Waals surface area contributed by atoms with Gasteiger partial charge in [0.1, 0.15) is 6.61 Å². The summed E-state index contributed by atoms with van der Waals surface area (Å²) in [5.74, 6) is -0.0609. The lowest BCUT2D eigenvalue weighted by atomic mass is 9.99. The molecule has 0 saturated heterocycles. The van der Waals surface area contributed by atoms with Gasteiger partial charge in [-0.3, -0.25) is 4.79 Å². The van der Waals surface area contributed by atoms with Gasteiger partial charge in [-0.1, -0.05) is 18.2 Å². The number of benzene rings is 1. The SMILES string of the molecule is CC(C)(C)OCC(=O)N1CCC(O)c2ccccc21. The van der Waals surface area contributed by atoms with Crippen molar-refractivity contribution in [2.24, 2.45) is 0 Å². The Kier molecular flexibility index (Phi) is 3.92. The molecule has 1 aromatic carbocycles. The predicted octanol–water partition coefficient (Wildman–Crippen LogP) is 2.27. The van der Waals surface area contributed by atoms with Gasteiger partial charge in [-0.2, -0.15) is 0 Å². The van der Waals surface area contributed by atoms with Gasteiger partial charge in [0.15, 0.2) is 0 Å². The predicted molar refractivity (Wildman–Crippen MR) is 74.1 cm³/mol. The highest BCUT2D eigenvalue weighted by molar-refractivity contribution is 5.95. The lowest BCUT2D eigenvalue weighted by Crippen LogP contribution is -2.40. The monoisotopic (exact) mass is 263 g/mol. The third kappa shape index (κ3) is 3.33. The Morgan fingerprint density at radius 2 is 2.11 bits per heavy atom. The fourth-order valence-corrected chi connectivity index (χ4v) is 2.16. The molecule has 1 unspecified atom stereocenters. The van der Waals surface area contributed by atoms with Gasteiger partial charge in [0.25, 0.3) is 5.91 Å². The molecule has 2 rings (SSSR count). The van der Waals surface area contributed by atoms with E-state index in [9.17, 15) is 9.90 Å². The number of amides is 1. The molecule has 1 aromatic rings. The van der Waals surface area contributed by atoms with Gasteiger partial charge in [-0.15, -0.1) is 0 Å². The second-order valence-electron chi connectivity index (χ2n) is 5.81. The Morgan fingerprint density at radius 1 is 1.42 bits per heavy atom. The topological polar surface area (TPSA) is 49.8 Å². The Hall–Kier alpha value is -1.39. The minimum Gasteiger partial charge on any atom is -0.388 e. The quantitative estimate of drug-likeness (QED) is 0.890. The number of rotatable bonds is 2. The van der Waals surface area contributed by atoms with E-state index < -0.39 is 6.10 Å². The number of hydrogen-bond acceptors (Lipinski definition) is 3. The van der Waals surface area contributed by atoms with Crippen LogP contribution in [0.3, 0.4) is 0 Å². The van der Waals surface area contributed by atoms with E-state index in [-0.39, 0.29) is 18.1 Å². The minimum atomic E-state index is -0.483. The molecule has 0 aliphatic carbocycles. The molecule has 1 aliphatic rings. The van der Waals surface area contributed by atoms with Crippen molar-refractivity contribution in [1.29, 1.82) is 0 Å². The second-order valence-corrected chi connectivity index (χ2v) is 5.81. The maximum Gasteiger partial charge on any atom is 0.253 e. The number of anilines is 1. The van der Waals surface area contributed by atoms with Gasteiger partial charge in [-0.25, -0.2) is 0 Å². The summed E-state index contributed by atoms with van der Waals surface area (Å²) in [4.78, 5) is 13.9. The number of fused-ring (bicyclic) bond motifs is 1. The first-order valence-corrected chi connectivity index (χ1v) is 6.60. The zero-order valence-corrected chi connectivity index (χ0v) is 11.7. The summed E-state index contributed by atoms with van der Waals surface area (Å²) in [5.41, 5.74) is 1.28. The lowest BCUT2D eigenvalue weighted by molar-refractivity contribution is -0.128. The molecule has 1 N–H and O–H groups in total. The van der Waals surface area contributed by atoms with Crippen molar-refractivity contribution < 1.29 is 14.6 Å². The molecule has 1 aliphatic heterocycles. The van der Waals surface area contributed by atoms with E-state index in [0.29, 0.717) is 13.0 Å². The van der Waals surface area contributed by atoms with Crippen LogP contribution in [0.15, 0.2) is 24.3 Å². The largest absolute Gasteiger partial charge is 0.388 e. The molecular formula is C15H21NO3. The molecule has 0 bridgehead atoms. The van der Waals surface area contributed by atoms with Crippen molar-refractivity contribution in [2.75, 3.05) is 18.1 Å². The van der Waals surface area contributed by atoms with E-state index in [0.717, 1.165) is 11.3 Å². The summed E-state index contributed by atoms with van der Waals surface area (Å²) < 4.78 is 5.53. The Balaban J connectivity index is 2.14. The number of aliphatic hydroxyl groups excluding tert-OH is 1. The highest BCUT2D eigenvalue weighted by Gasteiger charge is 2.27. The number of carbonyl (C=O) groups excluding carboxylic acids is 1. The first-order chi connectivity index (χ1) is 8.88. The molecule has 0 spiro atoms. The minimum absolute atomic E-state index is 0.0609. The molecule has 0 radical (unpaired) electrons. The summed E-state index contributed by atoms with van der Waals surface area (Å²) in [5, 5.41) is 9.95. The fraction of sp³-hybridized carbons (Fsp3) is 0.533. The molecule has 104 valence electrons. The number of aliphatic hydroxyl groups is 1. The first kappa shape index (κ1) is 14.0. The zero-order chi connectivity index (χ0) is 14.0. The van der Waals surface area contributed by atoms with E-state index in [4.69, 9.17) is 4.74 Å². The number of hydrogen-bond donors (Lipinski definition) is 1. The maximum atomic E-state index is 12.2. The van der Waals surface area contributed by atoms with Crippen LogP contribution in [0.1, 0.15) is 38.9 Å². The molecule has 1 heterocycles. The van der Waals surface area contributed by atoms with Crippen molar-refractivity contribution in [3.8, 4) is 0 Å². The first-order valence-electron chi connectivity index (χ1n) is 6.60. The Labute approximate surface area is 114 Å². The highest BCUT2D eigenvalue weighted by Crippen LogP contribution is 2.33. The Bertz CT molecular complexity index is 465. The van der Waals surface area contributed by atoms with Crippen LogP contribution in [-0.2, 0) is 9.53 Å². The van der Waals surface area contributed by atoms with Crippen LogP contribution >= 0.6 is 0 Å². The molecule has 19 heavy (non-hydrogen) atoms. The van der Waals surface area contributed by atoms with Crippen LogP contribution in [0.4, 0.5) is 5.69 Å². The summed E-state index contributed by atoms with van der Waals surface area (Å²) in [7, 11) is 0. The van der Waals surface area contributed by atoms with Crippen molar-refractivity contribution in [3.63, 3.8) is 0 Å². The highest BCUT2D eigenvalue weighted by atomic mass is 16.5. The summed E-state index contributed by atoms with van der Waals surface area (Å²) >= 11 is 0. The second kappa shape index (κ2) is 5.31. The normalized spacial score (nSPS) is 19.2. The van der Waals surface area contributed by atoms with E-state index in [1.807, 2.05) is 45.0 Å². The molecule has 1 amide bonds. The number of ether oxygens (including phenoxy) is 1. The van der Waals surface area contributed by atoms with Crippen LogP contribution in [0.5, 0.6) is 0 Å². The summed E-state index contributed by atoms with van der Waals surface area (Å²) in [6.07, 6.45) is 0.0851. The molecule has 1 atom stereocenters. The van der Waals surface area contributed by atoms with Crippen LogP contribution < -0.4 is 4.90 Å². The van der Waals surface area contributed by atoms with Crippen molar-refractivity contribution in [2.45, 2.75) is 38.9 Å². The fourth-order valence-electron chi connectivity index (χ4n) is 2.16. The van der Waals surface area contributed by atoms with Crippen LogP contribution in [-0.4, -0.2) is 29.8 Å². The molecule has 0 aromatic heterocycles. The average Bonchev–Trinajstić information content (AvgIpc) is 2.36. The average molecular weight is 263 g/mol. The molecule has 4 heteroatoms. The van der Waals surface area contributed by atoms with Gasteiger partial charge in [0, 0.05) is 17.8 Å². The van der Waals surface area contributed by atoms with E-state index in [1.165, 1.54) is 0 Å². The van der Waals surface area contributed by atoms with Gasteiger partial charge >= 0.3 is 0 Å². The third-order valence-electron chi connectivity index (χ3n) is 3.14. The molecule has 4 nitrogen and oxygen atoms in total. The zero-order valence-electron chi connectivity index (χ0n) is 11.7.